The zero-order valence-corrected chi connectivity index (χ0v) is 19.2. The van der Waals surface area contributed by atoms with Crippen molar-refractivity contribution in [2.24, 2.45) is 5.41 Å². The van der Waals surface area contributed by atoms with Crippen molar-refractivity contribution in [3.05, 3.63) is 35.0 Å². The molecule has 1 unspecified atom stereocenters. The van der Waals surface area contributed by atoms with E-state index in [-0.39, 0.29) is 27.9 Å². The number of likely N-dealkylation sites (tertiary alicyclic amines) is 2. The quantitative estimate of drug-likeness (QED) is 0.682. The van der Waals surface area contributed by atoms with Gasteiger partial charge in [0.05, 0.1) is 12.0 Å². The molecule has 0 N–H and O–H groups in total. The van der Waals surface area contributed by atoms with Gasteiger partial charge in [0.25, 0.3) is 0 Å². The number of rotatable bonds is 5. The van der Waals surface area contributed by atoms with Gasteiger partial charge in [-0.1, -0.05) is 5.16 Å². The Morgan fingerprint density at radius 3 is 2.48 bits per heavy atom. The van der Waals surface area contributed by atoms with Crippen LogP contribution in [0.1, 0.15) is 40.5 Å². The van der Waals surface area contributed by atoms with E-state index in [1.54, 1.807) is 30.9 Å². The molecule has 0 aliphatic carbocycles. The van der Waals surface area contributed by atoms with E-state index in [0.29, 0.717) is 30.0 Å². The molecule has 3 heterocycles. The second-order valence-electron chi connectivity index (χ2n) is 8.83. The molecule has 1 spiro atoms. The highest BCUT2D eigenvalue weighted by Crippen LogP contribution is 2.39. The van der Waals surface area contributed by atoms with Crippen LogP contribution in [0.15, 0.2) is 21.6 Å². The van der Waals surface area contributed by atoms with Gasteiger partial charge in [-0.15, -0.1) is 0 Å². The fourth-order valence-corrected chi connectivity index (χ4v) is 6.60. The van der Waals surface area contributed by atoms with Gasteiger partial charge in [-0.3, -0.25) is 4.79 Å². The Bertz CT molecular complexity index is 1090. The number of sulfone groups is 1. The number of carbonyl (C=O) groups is 1. The molecule has 1 atom stereocenters. The van der Waals surface area contributed by atoms with Crippen LogP contribution in [0, 0.1) is 19.3 Å². The molecule has 2 fully saturated rings. The van der Waals surface area contributed by atoms with Crippen LogP contribution in [0.25, 0.3) is 0 Å². The monoisotopic (exact) mass is 448 g/mol. The first kappa shape index (κ1) is 21.8. The van der Waals surface area contributed by atoms with Crippen molar-refractivity contribution in [2.75, 3.05) is 40.3 Å². The average molecular weight is 449 g/mol. The Kier molecular flexibility index (Phi) is 5.55. The van der Waals surface area contributed by atoms with E-state index in [0.717, 1.165) is 25.9 Å². The highest BCUT2D eigenvalue weighted by Gasteiger charge is 2.44. The van der Waals surface area contributed by atoms with Gasteiger partial charge in [-0.2, -0.15) is 4.98 Å². The van der Waals surface area contributed by atoms with Gasteiger partial charge in [-0.25, -0.2) is 8.42 Å². The lowest BCUT2D eigenvalue weighted by atomic mass is 9.86. The van der Waals surface area contributed by atoms with Crippen molar-refractivity contribution in [1.29, 1.82) is 0 Å². The minimum atomic E-state index is -3.73. The van der Waals surface area contributed by atoms with Gasteiger partial charge in [0.2, 0.25) is 0 Å². The number of ether oxygens (including phenoxy) is 1. The van der Waals surface area contributed by atoms with E-state index in [1.165, 1.54) is 7.11 Å². The molecule has 0 bridgehead atoms. The van der Waals surface area contributed by atoms with Crippen molar-refractivity contribution < 1.29 is 22.5 Å². The standard InChI is InChI=1S/C21H28N4O5S/c1-14-9-16(29-4)10-15(2)18(14)31(27,28)11-17-22-19(30-23-17)20(26)25-8-6-21(13-25)5-7-24(3)12-21/h9-10H,5-8,11-13H2,1-4H3. The summed E-state index contributed by atoms with van der Waals surface area (Å²) in [5.41, 5.74) is 1.31. The molecule has 31 heavy (non-hydrogen) atoms. The summed E-state index contributed by atoms with van der Waals surface area (Å²) < 4.78 is 36.4. The maximum atomic E-state index is 13.0. The SMILES string of the molecule is COc1cc(C)c(S(=O)(=O)Cc2noc(C(=O)N3CCC4(CCN(C)C4)C3)n2)c(C)c1. The van der Waals surface area contributed by atoms with Crippen molar-refractivity contribution in [3.63, 3.8) is 0 Å². The van der Waals surface area contributed by atoms with Crippen LogP contribution in [0.2, 0.25) is 0 Å². The highest BCUT2D eigenvalue weighted by molar-refractivity contribution is 7.90. The first-order valence-electron chi connectivity index (χ1n) is 10.3. The van der Waals surface area contributed by atoms with Crippen LogP contribution in [0.4, 0.5) is 0 Å². The number of methoxy groups -OCH3 is 1. The lowest BCUT2D eigenvalue weighted by molar-refractivity contribution is 0.0724. The minimum Gasteiger partial charge on any atom is -0.497 e. The molecular formula is C21H28N4O5S. The van der Waals surface area contributed by atoms with Crippen LogP contribution < -0.4 is 4.74 Å². The molecule has 1 amide bonds. The molecule has 9 nitrogen and oxygen atoms in total. The molecule has 168 valence electrons. The average Bonchev–Trinajstić information content (AvgIpc) is 3.41. The van der Waals surface area contributed by atoms with Crippen molar-refractivity contribution >= 4 is 15.7 Å². The van der Waals surface area contributed by atoms with E-state index in [9.17, 15) is 13.2 Å². The van der Waals surface area contributed by atoms with Gasteiger partial charge in [0.1, 0.15) is 11.5 Å². The van der Waals surface area contributed by atoms with Crippen molar-refractivity contribution in [3.8, 4) is 5.75 Å². The number of hydrogen-bond donors (Lipinski definition) is 0. The summed E-state index contributed by atoms with van der Waals surface area (Å²) in [6.45, 7) is 6.76. The van der Waals surface area contributed by atoms with Gasteiger partial charge in [0, 0.05) is 25.0 Å². The summed E-state index contributed by atoms with van der Waals surface area (Å²) in [5.74, 6) is -0.353. The molecule has 2 saturated heterocycles. The Hall–Kier alpha value is -2.46. The largest absolute Gasteiger partial charge is 0.497 e. The summed E-state index contributed by atoms with van der Waals surface area (Å²) in [6, 6.07) is 3.35. The van der Waals surface area contributed by atoms with Crippen LogP contribution in [-0.4, -0.2) is 74.6 Å². The lowest BCUT2D eigenvalue weighted by Gasteiger charge is -2.23. The number of aryl methyl sites for hydroxylation is 2. The fraction of sp³-hybridized carbons (Fsp3) is 0.571. The third kappa shape index (κ3) is 4.18. The molecule has 0 saturated carbocycles. The number of nitrogens with zero attached hydrogens (tertiary/aromatic N) is 4. The van der Waals surface area contributed by atoms with Gasteiger partial charge in [-0.05, 0) is 63.5 Å². The Labute approximate surface area is 182 Å². The lowest BCUT2D eigenvalue weighted by Crippen LogP contribution is -2.33. The van der Waals surface area contributed by atoms with Gasteiger partial charge < -0.3 is 19.1 Å². The first-order chi connectivity index (χ1) is 14.6. The predicted octanol–water partition coefficient (Wildman–Crippen LogP) is 1.84. The smallest absolute Gasteiger partial charge is 0.316 e. The summed E-state index contributed by atoms with van der Waals surface area (Å²) in [7, 11) is -0.0978. The Morgan fingerprint density at radius 2 is 1.87 bits per heavy atom. The van der Waals surface area contributed by atoms with E-state index in [4.69, 9.17) is 9.26 Å². The molecule has 0 radical (unpaired) electrons. The Balaban J connectivity index is 1.49. The maximum absolute atomic E-state index is 13.0. The minimum absolute atomic E-state index is 0.0209. The summed E-state index contributed by atoms with van der Waals surface area (Å²) in [5, 5.41) is 3.77. The topological polar surface area (TPSA) is 106 Å². The van der Waals surface area contributed by atoms with E-state index < -0.39 is 15.6 Å². The Morgan fingerprint density at radius 1 is 1.19 bits per heavy atom. The summed E-state index contributed by atoms with van der Waals surface area (Å²) in [4.78, 5) is 21.2. The van der Waals surface area contributed by atoms with E-state index >= 15 is 0 Å². The second kappa shape index (κ2) is 7.90. The van der Waals surface area contributed by atoms with E-state index in [2.05, 4.69) is 22.1 Å². The number of hydrogen-bond acceptors (Lipinski definition) is 8. The molecule has 10 heteroatoms. The third-order valence-electron chi connectivity index (χ3n) is 6.31. The number of benzene rings is 1. The fourth-order valence-electron chi connectivity index (χ4n) is 4.90. The molecular weight excluding hydrogens is 420 g/mol. The normalized spacial score (nSPS) is 21.9. The number of amides is 1. The zero-order valence-electron chi connectivity index (χ0n) is 18.3. The predicted molar refractivity (Wildman–Crippen MR) is 113 cm³/mol. The molecule has 2 aromatic rings. The summed E-state index contributed by atoms with van der Waals surface area (Å²) in [6.07, 6.45) is 2.02. The first-order valence-corrected chi connectivity index (χ1v) is 12.0. The summed E-state index contributed by atoms with van der Waals surface area (Å²) >= 11 is 0. The molecule has 4 rings (SSSR count). The van der Waals surface area contributed by atoms with Crippen LogP contribution >= 0.6 is 0 Å². The number of carbonyl (C=O) groups excluding carboxylic acids is 1. The number of aromatic nitrogens is 2. The maximum Gasteiger partial charge on any atom is 0.316 e. The molecule has 2 aliphatic heterocycles. The third-order valence-corrected chi connectivity index (χ3v) is 8.21. The second-order valence-corrected chi connectivity index (χ2v) is 10.8. The molecule has 1 aromatic heterocycles. The van der Waals surface area contributed by atoms with Crippen LogP contribution in [-0.2, 0) is 15.6 Å². The highest BCUT2D eigenvalue weighted by atomic mass is 32.2. The zero-order chi connectivity index (χ0) is 22.4. The van der Waals surface area contributed by atoms with Gasteiger partial charge >= 0.3 is 11.8 Å². The van der Waals surface area contributed by atoms with E-state index in [1.807, 2.05) is 0 Å². The van der Waals surface area contributed by atoms with Crippen molar-refractivity contribution in [2.45, 2.75) is 37.3 Å². The molecule has 2 aliphatic rings. The van der Waals surface area contributed by atoms with Gasteiger partial charge in [0.15, 0.2) is 15.7 Å². The molecule has 1 aromatic carbocycles. The van der Waals surface area contributed by atoms with Crippen LogP contribution in [0.3, 0.4) is 0 Å². The van der Waals surface area contributed by atoms with Crippen LogP contribution in [0.5, 0.6) is 5.75 Å². The van der Waals surface area contributed by atoms with Crippen molar-refractivity contribution in [1.82, 2.24) is 19.9 Å².